The van der Waals surface area contributed by atoms with E-state index in [2.05, 4.69) is 15.3 Å². The van der Waals surface area contributed by atoms with Crippen LogP contribution >= 0.6 is 0 Å². The lowest BCUT2D eigenvalue weighted by molar-refractivity contribution is -0.384. The van der Waals surface area contributed by atoms with Gasteiger partial charge in [0.1, 0.15) is 5.82 Å². The second-order valence-electron chi connectivity index (χ2n) is 6.29. The fourth-order valence-corrected chi connectivity index (χ4v) is 2.85. The summed E-state index contributed by atoms with van der Waals surface area (Å²) in [6.45, 7) is 0. The van der Waals surface area contributed by atoms with Crippen molar-refractivity contribution in [2.24, 2.45) is 10.2 Å². The van der Waals surface area contributed by atoms with E-state index in [1.54, 1.807) is 0 Å². The number of rotatable bonds is 5. The van der Waals surface area contributed by atoms with E-state index in [1.165, 1.54) is 53.2 Å². The Morgan fingerprint density at radius 3 is 2.20 bits per heavy atom. The van der Waals surface area contributed by atoms with Gasteiger partial charge in [0, 0.05) is 17.7 Å². The van der Waals surface area contributed by atoms with Gasteiger partial charge in [-0.3, -0.25) is 20.0 Å². The Balaban J connectivity index is 1.82. The molecule has 1 heterocycles. The highest BCUT2D eigenvalue weighted by molar-refractivity contribution is 5.71. The van der Waals surface area contributed by atoms with E-state index in [0.29, 0.717) is 22.6 Å². The number of hydrogen-bond acceptors (Lipinski definition) is 5. The number of non-ortho nitro benzene ring substituents is 1. The Morgan fingerprint density at radius 1 is 0.900 bits per heavy atom. The monoisotopic (exact) mass is 403 g/mol. The van der Waals surface area contributed by atoms with Crippen molar-refractivity contribution in [3.8, 4) is 16.9 Å². The zero-order valence-electron chi connectivity index (χ0n) is 15.4. The molecule has 0 spiro atoms. The fourth-order valence-electron chi connectivity index (χ4n) is 2.85. The normalized spacial score (nSPS) is 11.1. The van der Waals surface area contributed by atoms with E-state index in [1.807, 2.05) is 30.3 Å². The largest absolute Gasteiger partial charge is 0.299 e. The van der Waals surface area contributed by atoms with Crippen molar-refractivity contribution < 1.29 is 9.31 Å². The molecule has 30 heavy (non-hydrogen) atoms. The summed E-state index contributed by atoms with van der Waals surface area (Å²) in [4.78, 5) is 23.4. The van der Waals surface area contributed by atoms with Crippen LogP contribution in [0.5, 0.6) is 0 Å². The molecule has 1 aromatic heterocycles. The number of nitrogens with one attached hydrogen (secondary N) is 1. The SMILES string of the molecule is O=c1c(N=Nc2ccc(F)cc2)c(-c2ccccc2)[nH]n1-c1ccc([N+](=O)[O-])cc1. The molecular weight excluding hydrogens is 389 g/mol. The third-order valence-corrected chi connectivity index (χ3v) is 4.34. The van der Waals surface area contributed by atoms with Gasteiger partial charge in [-0.25, -0.2) is 9.07 Å². The lowest BCUT2D eigenvalue weighted by Gasteiger charge is -2.01. The predicted molar refractivity (Wildman–Crippen MR) is 109 cm³/mol. The lowest BCUT2D eigenvalue weighted by Crippen LogP contribution is -2.13. The summed E-state index contributed by atoms with van der Waals surface area (Å²) < 4.78 is 14.3. The van der Waals surface area contributed by atoms with Gasteiger partial charge in [-0.15, -0.1) is 5.11 Å². The molecule has 0 saturated carbocycles. The van der Waals surface area contributed by atoms with Gasteiger partial charge in [-0.1, -0.05) is 30.3 Å². The molecule has 8 nitrogen and oxygen atoms in total. The van der Waals surface area contributed by atoms with Crippen LogP contribution < -0.4 is 5.56 Å². The topological polar surface area (TPSA) is 106 Å². The van der Waals surface area contributed by atoms with Crippen molar-refractivity contribution in [1.29, 1.82) is 0 Å². The smallest absolute Gasteiger partial charge is 0.288 e. The Kier molecular flexibility index (Phi) is 5.00. The Hall–Kier alpha value is -4.40. The van der Waals surface area contributed by atoms with Crippen LogP contribution in [0.2, 0.25) is 0 Å². The van der Waals surface area contributed by atoms with Gasteiger partial charge in [0.15, 0.2) is 5.69 Å². The molecule has 0 aliphatic carbocycles. The third-order valence-electron chi connectivity index (χ3n) is 4.34. The van der Waals surface area contributed by atoms with Crippen LogP contribution in [0.4, 0.5) is 21.5 Å². The van der Waals surface area contributed by atoms with Crippen LogP contribution in [0.1, 0.15) is 0 Å². The zero-order chi connectivity index (χ0) is 21.1. The van der Waals surface area contributed by atoms with Gasteiger partial charge < -0.3 is 0 Å². The zero-order valence-corrected chi connectivity index (χ0v) is 15.4. The van der Waals surface area contributed by atoms with E-state index in [0.717, 1.165) is 0 Å². The number of nitro benzene ring substituents is 1. The van der Waals surface area contributed by atoms with Crippen LogP contribution in [-0.4, -0.2) is 14.7 Å². The van der Waals surface area contributed by atoms with Gasteiger partial charge in [-0.05, 0) is 36.4 Å². The maximum absolute atomic E-state index is 13.1. The Labute approximate surface area is 169 Å². The van der Waals surface area contributed by atoms with Gasteiger partial charge >= 0.3 is 0 Å². The third kappa shape index (κ3) is 3.76. The van der Waals surface area contributed by atoms with Crippen molar-refractivity contribution >= 4 is 17.1 Å². The highest BCUT2D eigenvalue weighted by atomic mass is 19.1. The van der Waals surface area contributed by atoms with Crippen molar-refractivity contribution in [1.82, 2.24) is 9.78 Å². The maximum Gasteiger partial charge on any atom is 0.299 e. The minimum atomic E-state index is -0.515. The molecule has 4 aromatic rings. The molecule has 0 atom stereocenters. The quantitative estimate of drug-likeness (QED) is 0.278. The summed E-state index contributed by atoms with van der Waals surface area (Å²) >= 11 is 0. The molecule has 0 unspecified atom stereocenters. The molecule has 9 heteroatoms. The standard InChI is InChI=1S/C21H14FN5O3/c22-15-6-8-16(9-7-15)23-24-20-19(14-4-2-1-3-5-14)25-26(21(20)28)17-10-12-18(13-11-17)27(29)30/h1-13,25H. The predicted octanol–water partition coefficient (Wildman–Crippen LogP) is 5.30. The van der Waals surface area contributed by atoms with Crippen LogP contribution in [0.25, 0.3) is 16.9 Å². The number of nitro groups is 1. The number of aromatic amines is 1. The summed E-state index contributed by atoms with van der Waals surface area (Å²) in [6, 6.07) is 20.0. The number of nitrogens with zero attached hydrogens (tertiary/aromatic N) is 4. The molecule has 1 N–H and O–H groups in total. The first-order valence-corrected chi connectivity index (χ1v) is 8.85. The number of H-pyrrole nitrogens is 1. The number of halogens is 1. The molecule has 0 aliphatic heterocycles. The molecule has 0 amide bonds. The molecule has 148 valence electrons. The first-order valence-electron chi connectivity index (χ1n) is 8.85. The highest BCUT2D eigenvalue weighted by Crippen LogP contribution is 2.28. The van der Waals surface area contributed by atoms with Gasteiger partial charge in [-0.2, -0.15) is 5.11 Å². The Morgan fingerprint density at radius 2 is 1.57 bits per heavy atom. The minimum Gasteiger partial charge on any atom is -0.288 e. The second-order valence-corrected chi connectivity index (χ2v) is 6.29. The minimum absolute atomic E-state index is 0.0591. The van der Waals surface area contributed by atoms with Crippen molar-refractivity contribution in [3.63, 3.8) is 0 Å². The molecule has 0 bridgehead atoms. The maximum atomic E-state index is 13.1. The van der Waals surface area contributed by atoms with E-state index in [-0.39, 0.29) is 11.4 Å². The van der Waals surface area contributed by atoms with Crippen molar-refractivity contribution in [2.45, 2.75) is 0 Å². The molecular formula is C21H14FN5O3. The Bertz CT molecular complexity index is 1280. The summed E-state index contributed by atoms with van der Waals surface area (Å²) in [5, 5.41) is 22.0. The number of azo groups is 1. The number of hydrogen-bond donors (Lipinski definition) is 1. The summed E-state index contributed by atoms with van der Waals surface area (Å²) in [6.07, 6.45) is 0. The highest BCUT2D eigenvalue weighted by Gasteiger charge is 2.17. The molecule has 0 radical (unpaired) electrons. The number of benzene rings is 3. The van der Waals surface area contributed by atoms with Gasteiger partial charge in [0.25, 0.3) is 11.2 Å². The number of aromatic nitrogens is 2. The van der Waals surface area contributed by atoms with Crippen LogP contribution in [0.15, 0.2) is 93.9 Å². The summed E-state index contributed by atoms with van der Waals surface area (Å²) in [5.74, 6) is -0.402. The van der Waals surface area contributed by atoms with Crippen LogP contribution in [-0.2, 0) is 0 Å². The molecule has 0 saturated heterocycles. The van der Waals surface area contributed by atoms with E-state index in [9.17, 15) is 19.3 Å². The van der Waals surface area contributed by atoms with E-state index < -0.39 is 16.3 Å². The average Bonchev–Trinajstić information content (AvgIpc) is 3.10. The van der Waals surface area contributed by atoms with Crippen molar-refractivity contribution in [2.75, 3.05) is 0 Å². The summed E-state index contributed by atoms with van der Waals surface area (Å²) in [5.41, 5.74) is 1.44. The second kappa shape index (κ2) is 7.92. The van der Waals surface area contributed by atoms with Crippen LogP contribution in [0.3, 0.4) is 0 Å². The fraction of sp³-hybridized carbons (Fsp3) is 0. The molecule has 3 aromatic carbocycles. The van der Waals surface area contributed by atoms with Gasteiger partial charge in [0.2, 0.25) is 0 Å². The van der Waals surface area contributed by atoms with E-state index >= 15 is 0 Å². The molecule has 0 aliphatic rings. The first kappa shape index (κ1) is 18.9. The van der Waals surface area contributed by atoms with Gasteiger partial charge in [0.05, 0.1) is 22.0 Å². The average molecular weight is 403 g/mol. The summed E-state index contributed by atoms with van der Waals surface area (Å²) in [7, 11) is 0. The van der Waals surface area contributed by atoms with Crippen LogP contribution in [0, 0.1) is 15.9 Å². The molecule has 4 rings (SSSR count). The first-order chi connectivity index (χ1) is 14.5. The van der Waals surface area contributed by atoms with E-state index in [4.69, 9.17) is 0 Å². The lowest BCUT2D eigenvalue weighted by atomic mass is 10.1. The molecule has 0 fully saturated rings. The van der Waals surface area contributed by atoms with Crippen molar-refractivity contribution in [3.05, 3.63) is 105 Å².